The van der Waals surface area contributed by atoms with Gasteiger partial charge in [0.1, 0.15) is 17.8 Å². The average Bonchev–Trinajstić information content (AvgIpc) is 2.90. The lowest BCUT2D eigenvalue weighted by atomic mass is 10.2. The zero-order chi connectivity index (χ0) is 16.9. The average molecular weight is 331 g/mol. The Kier molecular flexibility index (Phi) is 5.27. The Hall–Kier alpha value is -2.18. The Morgan fingerprint density at radius 1 is 0.875 bits per heavy atom. The predicted octanol–water partition coefficient (Wildman–Crippen LogP) is 1.16. The predicted molar refractivity (Wildman–Crippen MR) is 90.9 cm³/mol. The van der Waals surface area contributed by atoms with Gasteiger partial charge in [-0.2, -0.15) is 0 Å². The SMILES string of the molecule is CC(=O)N1CCN(c2cc(C(=O)N3CCCCCC3)ncn2)CC1. The summed E-state index contributed by atoms with van der Waals surface area (Å²) in [5.41, 5.74) is 0.468. The van der Waals surface area contributed by atoms with Crippen LogP contribution in [0.1, 0.15) is 43.1 Å². The topological polar surface area (TPSA) is 69.6 Å². The largest absolute Gasteiger partial charge is 0.353 e. The van der Waals surface area contributed by atoms with Gasteiger partial charge >= 0.3 is 0 Å². The Morgan fingerprint density at radius 2 is 1.54 bits per heavy atom. The van der Waals surface area contributed by atoms with Gasteiger partial charge in [-0.3, -0.25) is 9.59 Å². The molecule has 7 heteroatoms. The third-order valence-corrected chi connectivity index (χ3v) is 4.81. The van der Waals surface area contributed by atoms with Crippen molar-refractivity contribution >= 4 is 17.6 Å². The van der Waals surface area contributed by atoms with Crippen molar-refractivity contribution in [2.45, 2.75) is 32.6 Å². The van der Waals surface area contributed by atoms with Gasteiger partial charge in [0, 0.05) is 52.3 Å². The molecule has 0 atom stereocenters. The van der Waals surface area contributed by atoms with Gasteiger partial charge in [-0.15, -0.1) is 0 Å². The lowest BCUT2D eigenvalue weighted by molar-refractivity contribution is -0.129. The number of hydrogen-bond acceptors (Lipinski definition) is 5. The van der Waals surface area contributed by atoms with Gasteiger partial charge in [0.05, 0.1) is 0 Å². The van der Waals surface area contributed by atoms with Crippen LogP contribution in [0, 0.1) is 0 Å². The van der Waals surface area contributed by atoms with Crippen molar-refractivity contribution in [1.82, 2.24) is 19.8 Å². The van der Waals surface area contributed by atoms with E-state index in [-0.39, 0.29) is 11.8 Å². The number of piperazine rings is 1. The lowest BCUT2D eigenvalue weighted by Gasteiger charge is -2.34. The van der Waals surface area contributed by atoms with Gasteiger partial charge in [0.15, 0.2) is 0 Å². The quantitative estimate of drug-likeness (QED) is 0.813. The Balaban J connectivity index is 1.68. The van der Waals surface area contributed by atoms with Crippen LogP contribution >= 0.6 is 0 Å². The molecule has 3 rings (SSSR count). The van der Waals surface area contributed by atoms with Crippen molar-refractivity contribution in [3.05, 3.63) is 18.1 Å². The van der Waals surface area contributed by atoms with Crippen LogP contribution in [-0.4, -0.2) is 70.9 Å². The van der Waals surface area contributed by atoms with Crippen molar-refractivity contribution in [3.8, 4) is 0 Å². The molecule has 2 amide bonds. The van der Waals surface area contributed by atoms with Crippen LogP contribution < -0.4 is 4.90 Å². The molecule has 0 spiro atoms. The van der Waals surface area contributed by atoms with Gasteiger partial charge < -0.3 is 14.7 Å². The van der Waals surface area contributed by atoms with Crippen LogP contribution in [0.25, 0.3) is 0 Å². The maximum absolute atomic E-state index is 12.7. The summed E-state index contributed by atoms with van der Waals surface area (Å²) < 4.78 is 0. The van der Waals surface area contributed by atoms with E-state index in [1.165, 1.54) is 19.2 Å². The van der Waals surface area contributed by atoms with E-state index in [0.29, 0.717) is 18.8 Å². The second kappa shape index (κ2) is 7.59. The summed E-state index contributed by atoms with van der Waals surface area (Å²) >= 11 is 0. The van der Waals surface area contributed by atoms with Crippen LogP contribution in [0.2, 0.25) is 0 Å². The molecule has 2 fully saturated rings. The summed E-state index contributed by atoms with van der Waals surface area (Å²) in [7, 11) is 0. The number of rotatable bonds is 2. The van der Waals surface area contributed by atoms with Crippen molar-refractivity contribution in [2.24, 2.45) is 0 Å². The molecule has 7 nitrogen and oxygen atoms in total. The van der Waals surface area contributed by atoms with Crippen LogP contribution in [0.3, 0.4) is 0 Å². The van der Waals surface area contributed by atoms with E-state index in [2.05, 4.69) is 14.9 Å². The number of aromatic nitrogens is 2. The highest BCUT2D eigenvalue weighted by Gasteiger charge is 2.22. The fourth-order valence-electron chi connectivity index (χ4n) is 3.32. The molecule has 0 saturated carbocycles. The smallest absolute Gasteiger partial charge is 0.272 e. The first-order valence-corrected chi connectivity index (χ1v) is 8.77. The number of nitrogens with zero attached hydrogens (tertiary/aromatic N) is 5. The minimum Gasteiger partial charge on any atom is -0.353 e. The maximum atomic E-state index is 12.7. The van der Waals surface area contributed by atoms with Gasteiger partial charge in [-0.1, -0.05) is 12.8 Å². The van der Waals surface area contributed by atoms with Crippen LogP contribution in [0.4, 0.5) is 5.82 Å². The highest BCUT2D eigenvalue weighted by Crippen LogP contribution is 2.17. The van der Waals surface area contributed by atoms with Crippen molar-refractivity contribution in [1.29, 1.82) is 0 Å². The molecule has 0 bridgehead atoms. The van der Waals surface area contributed by atoms with Crippen molar-refractivity contribution in [3.63, 3.8) is 0 Å². The summed E-state index contributed by atoms with van der Waals surface area (Å²) in [6.07, 6.45) is 5.99. The van der Waals surface area contributed by atoms with Crippen LogP contribution in [-0.2, 0) is 4.79 Å². The van der Waals surface area contributed by atoms with E-state index in [1.54, 1.807) is 13.0 Å². The highest BCUT2D eigenvalue weighted by atomic mass is 16.2. The van der Waals surface area contributed by atoms with Crippen LogP contribution in [0.15, 0.2) is 12.4 Å². The zero-order valence-corrected chi connectivity index (χ0v) is 14.3. The molecule has 0 unspecified atom stereocenters. The first kappa shape index (κ1) is 16.7. The molecule has 0 aliphatic carbocycles. The highest BCUT2D eigenvalue weighted by molar-refractivity contribution is 5.93. The third-order valence-electron chi connectivity index (χ3n) is 4.81. The van der Waals surface area contributed by atoms with Crippen LogP contribution in [0.5, 0.6) is 0 Å². The molecule has 130 valence electrons. The first-order valence-electron chi connectivity index (χ1n) is 8.77. The fraction of sp³-hybridized carbons (Fsp3) is 0.647. The Labute approximate surface area is 142 Å². The summed E-state index contributed by atoms with van der Waals surface area (Å²) in [5.74, 6) is 0.878. The molecule has 3 heterocycles. The summed E-state index contributed by atoms with van der Waals surface area (Å²) in [5, 5.41) is 0. The molecular formula is C17H25N5O2. The molecule has 2 aliphatic heterocycles. The van der Waals surface area contributed by atoms with E-state index in [9.17, 15) is 9.59 Å². The van der Waals surface area contributed by atoms with Gasteiger partial charge in [-0.25, -0.2) is 9.97 Å². The molecule has 0 N–H and O–H groups in total. The molecule has 24 heavy (non-hydrogen) atoms. The summed E-state index contributed by atoms with van der Waals surface area (Å²) in [6, 6.07) is 1.79. The molecule has 0 aromatic carbocycles. The minimum absolute atomic E-state index is 0.00271. The monoisotopic (exact) mass is 331 g/mol. The number of carbonyl (C=O) groups excluding carboxylic acids is 2. The summed E-state index contributed by atoms with van der Waals surface area (Å²) in [4.78, 5) is 38.5. The number of likely N-dealkylation sites (tertiary alicyclic amines) is 1. The van der Waals surface area contributed by atoms with Gasteiger partial charge in [0.25, 0.3) is 5.91 Å². The lowest BCUT2D eigenvalue weighted by Crippen LogP contribution is -2.48. The van der Waals surface area contributed by atoms with Crippen molar-refractivity contribution in [2.75, 3.05) is 44.2 Å². The number of amides is 2. The number of carbonyl (C=O) groups is 2. The molecule has 1 aromatic heterocycles. The van der Waals surface area contributed by atoms with E-state index in [0.717, 1.165) is 44.8 Å². The maximum Gasteiger partial charge on any atom is 0.272 e. The summed E-state index contributed by atoms with van der Waals surface area (Å²) in [6.45, 7) is 6.06. The van der Waals surface area contributed by atoms with Crippen molar-refractivity contribution < 1.29 is 9.59 Å². The van der Waals surface area contributed by atoms with E-state index in [1.807, 2.05) is 9.80 Å². The molecule has 2 aliphatic rings. The molecule has 1 aromatic rings. The van der Waals surface area contributed by atoms with Gasteiger partial charge in [-0.05, 0) is 12.8 Å². The standard InChI is InChI=1S/C17H25N5O2/c1-14(23)20-8-10-21(11-9-20)16-12-15(18-13-19-16)17(24)22-6-4-2-3-5-7-22/h12-13H,2-11H2,1H3. The Bertz CT molecular complexity index is 590. The fourth-order valence-corrected chi connectivity index (χ4v) is 3.32. The minimum atomic E-state index is 0.00271. The van der Waals surface area contributed by atoms with E-state index in [4.69, 9.17) is 0 Å². The van der Waals surface area contributed by atoms with E-state index >= 15 is 0 Å². The second-order valence-electron chi connectivity index (χ2n) is 6.46. The molecular weight excluding hydrogens is 306 g/mol. The van der Waals surface area contributed by atoms with E-state index < -0.39 is 0 Å². The first-order chi connectivity index (χ1) is 11.6. The zero-order valence-electron chi connectivity index (χ0n) is 14.3. The molecule has 0 radical (unpaired) electrons. The normalized spacial score (nSPS) is 19.1. The number of hydrogen-bond donors (Lipinski definition) is 0. The number of anilines is 1. The van der Waals surface area contributed by atoms with Gasteiger partial charge in [0.2, 0.25) is 5.91 Å². The third kappa shape index (κ3) is 3.83. The Morgan fingerprint density at radius 3 is 2.17 bits per heavy atom. The second-order valence-corrected chi connectivity index (χ2v) is 6.46. The molecule has 2 saturated heterocycles.